The molecule has 3 saturated heterocycles. The van der Waals surface area contributed by atoms with Gasteiger partial charge in [-0.1, -0.05) is 0 Å². The van der Waals surface area contributed by atoms with Crippen LogP contribution in [0.4, 0.5) is 0 Å². The van der Waals surface area contributed by atoms with Gasteiger partial charge in [0.05, 0.1) is 25.4 Å². The third-order valence-electron chi connectivity index (χ3n) is 7.75. The minimum Gasteiger partial charge on any atom is -0.388 e. The molecule has 0 saturated carbocycles. The highest BCUT2D eigenvalue weighted by Gasteiger charge is 2.33. The molecule has 0 aliphatic carbocycles. The number of hydrogen-bond acceptors (Lipinski definition) is 13. The second-order valence-electron chi connectivity index (χ2n) is 11.9. The maximum Gasteiger partial charge on any atom is 0.333 e. The first-order valence-corrected chi connectivity index (χ1v) is 16.2. The molecule has 47 heavy (non-hydrogen) atoms. The number of amides is 5. The van der Waals surface area contributed by atoms with E-state index in [1.165, 1.54) is 0 Å². The van der Waals surface area contributed by atoms with Gasteiger partial charge in [0.1, 0.15) is 25.3 Å². The summed E-state index contributed by atoms with van der Waals surface area (Å²) >= 11 is 0. The van der Waals surface area contributed by atoms with Crippen LogP contribution in [0.15, 0.2) is 0 Å². The second-order valence-corrected chi connectivity index (χ2v) is 11.9. The molecule has 0 radical (unpaired) electrons. The van der Waals surface area contributed by atoms with E-state index in [0.717, 1.165) is 4.90 Å². The normalized spacial score (nSPS) is 26.2. The Labute approximate surface area is 273 Å². The lowest BCUT2D eigenvalue weighted by molar-refractivity contribution is -0.235. The van der Waals surface area contributed by atoms with Crippen molar-refractivity contribution in [3.05, 3.63) is 0 Å². The van der Waals surface area contributed by atoms with Gasteiger partial charge in [-0.25, -0.2) is 4.79 Å². The van der Waals surface area contributed by atoms with Crippen molar-refractivity contribution in [3.8, 4) is 0 Å². The van der Waals surface area contributed by atoms with Crippen LogP contribution in [-0.2, 0) is 52.6 Å². The van der Waals surface area contributed by atoms with E-state index in [-0.39, 0.29) is 77.0 Å². The number of imide groups is 1. The summed E-state index contributed by atoms with van der Waals surface area (Å²) < 4.78 is 22.2. The van der Waals surface area contributed by atoms with Gasteiger partial charge in [0.25, 0.3) is 11.8 Å². The summed E-state index contributed by atoms with van der Waals surface area (Å²) in [6.45, 7) is 3.15. The summed E-state index contributed by atoms with van der Waals surface area (Å²) in [5, 5.41) is 25.8. The fraction of sp³-hybridized carbons (Fsp3) is 0.800. The van der Waals surface area contributed by atoms with Crippen molar-refractivity contribution in [2.75, 3.05) is 39.4 Å². The molecule has 3 fully saturated rings. The zero-order valence-corrected chi connectivity index (χ0v) is 27.1. The molecule has 17 nitrogen and oxygen atoms in total. The van der Waals surface area contributed by atoms with E-state index in [1.807, 2.05) is 13.8 Å². The van der Waals surface area contributed by atoms with Crippen LogP contribution in [0.5, 0.6) is 0 Å². The highest BCUT2D eigenvalue weighted by molar-refractivity contribution is 6.01. The molecule has 3 aliphatic rings. The predicted molar refractivity (Wildman–Crippen MR) is 159 cm³/mol. The molecular weight excluding hydrogens is 624 g/mol. The van der Waals surface area contributed by atoms with Crippen LogP contribution in [0.3, 0.4) is 0 Å². The smallest absolute Gasteiger partial charge is 0.333 e. The molecule has 3 rings (SSSR count). The highest BCUT2D eigenvalue weighted by Crippen LogP contribution is 2.21. The fourth-order valence-electron chi connectivity index (χ4n) is 5.09. The Bertz CT molecular complexity index is 1030. The Kier molecular flexibility index (Phi) is 15.9. The van der Waals surface area contributed by atoms with E-state index >= 15 is 0 Å². The minimum absolute atomic E-state index is 0.0215. The monoisotopic (exact) mass is 672 g/mol. The van der Waals surface area contributed by atoms with Gasteiger partial charge in [-0.3, -0.25) is 24.0 Å². The van der Waals surface area contributed by atoms with Crippen molar-refractivity contribution in [2.24, 2.45) is 0 Å². The molecule has 0 unspecified atom stereocenters. The molecule has 5 amide bonds. The second kappa shape index (κ2) is 19.6. The summed E-state index contributed by atoms with van der Waals surface area (Å²) in [7, 11) is 0. The van der Waals surface area contributed by atoms with Gasteiger partial charge < -0.3 is 49.5 Å². The van der Waals surface area contributed by atoms with E-state index in [0.29, 0.717) is 30.7 Å². The number of nitrogens with zero attached hydrogens (tertiary/aromatic N) is 2. The number of nitrogens with one attached hydrogen (secondary N) is 2. The number of ether oxygens (including phenoxy) is 4. The average Bonchev–Trinajstić information content (AvgIpc) is 3.34. The number of hydroxylamine groups is 2. The van der Waals surface area contributed by atoms with Crippen molar-refractivity contribution in [1.29, 1.82) is 0 Å². The molecule has 0 bridgehead atoms. The van der Waals surface area contributed by atoms with Crippen molar-refractivity contribution in [1.82, 2.24) is 20.6 Å². The predicted octanol–water partition coefficient (Wildman–Crippen LogP) is -0.980. The summed E-state index contributed by atoms with van der Waals surface area (Å²) in [5.41, 5.74) is 0. The summed E-state index contributed by atoms with van der Waals surface area (Å²) in [5.74, 6) is -3.57. The quantitative estimate of drug-likeness (QED) is 0.102. The molecule has 6 atom stereocenters. The van der Waals surface area contributed by atoms with Crippen LogP contribution in [-0.4, -0.2) is 132 Å². The third kappa shape index (κ3) is 13.4. The van der Waals surface area contributed by atoms with E-state index < -0.39 is 73.4 Å². The molecule has 0 aromatic rings. The van der Waals surface area contributed by atoms with Crippen LogP contribution in [0.1, 0.15) is 78.1 Å². The number of hydrogen-bond donors (Lipinski definition) is 4. The lowest BCUT2D eigenvalue weighted by atomic mass is 10.1. The van der Waals surface area contributed by atoms with Crippen LogP contribution in [0.2, 0.25) is 0 Å². The van der Waals surface area contributed by atoms with E-state index in [4.69, 9.17) is 23.8 Å². The van der Waals surface area contributed by atoms with Crippen LogP contribution >= 0.6 is 0 Å². The number of rotatable bonds is 18. The Balaban J connectivity index is 1.43. The van der Waals surface area contributed by atoms with Crippen molar-refractivity contribution in [2.45, 2.75) is 115 Å². The molecule has 0 spiro atoms. The number of unbranched alkanes of at least 4 members (excludes halogenated alkanes) is 1. The molecule has 17 heteroatoms. The van der Waals surface area contributed by atoms with Gasteiger partial charge in [0.15, 0.2) is 12.6 Å². The minimum atomic E-state index is -0.800. The number of carbonyl (C=O) groups is 6. The van der Waals surface area contributed by atoms with Crippen LogP contribution in [0.25, 0.3) is 0 Å². The van der Waals surface area contributed by atoms with E-state index in [9.17, 15) is 39.0 Å². The van der Waals surface area contributed by atoms with Gasteiger partial charge in [0.2, 0.25) is 17.7 Å². The molecule has 3 aliphatic heterocycles. The zero-order valence-electron chi connectivity index (χ0n) is 27.1. The van der Waals surface area contributed by atoms with Crippen molar-refractivity contribution < 1.29 is 62.8 Å². The van der Waals surface area contributed by atoms with E-state index in [2.05, 4.69) is 10.6 Å². The number of aliphatic hydroxyl groups excluding tert-OH is 2. The zero-order chi connectivity index (χ0) is 34.3. The molecule has 266 valence electrons. The maximum absolute atomic E-state index is 13.0. The molecule has 4 N–H and O–H groups in total. The van der Waals surface area contributed by atoms with Gasteiger partial charge in [-0.15, -0.1) is 5.06 Å². The highest BCUT2D eigenvalue weighted by atomic mass is 16.7. The molecule has 0 aromatic carbocycles. The van der Waals surface area contributed by atoms with Crippen molar-refractivity contribution in [3.63, 3.8) is 0 Å². The summed E-state index contributed by atoms with van der Waals surface area (Å²) in [6.07, 6.45) is -0.630. The van der Waals surface area contributed by atoms with Gasteiger partial charge >= 0.3 is 5.97 Å². The van der Waals surface area contributed by atoms with Crippen LogP contribution in [0, 0.1) is 0 Å². The molecule has 3 heterocycles. The molecular formula is C30H48N4O13. The largest absolute Gasteiger partial charge is 0.388 e. The van der Waals surface area contributed by atoms with Gasteiger partial charge in [0, 0.05) is 38.8 Å². The first-order chi connectivity index (χ1) is 22.4. The maximum atomic E-state index is 13.0. The Morgan fingerprint density at radius 3 is 1.74 bits per heavy atom. The van der Waals surface area contributed by atoms with E-state index in [1.54, 1.807) is 0 Å². The first kappa shape index (κ1) is 38.2. The summed E-state index contributed by atoms with van der Waals surface area (Å²) in [6, 6.07) is 0. The Morgan fingerprint density at radius 1 is 0.787 bits per heavy atom. The molecule has 0 aromatic heterocycles. The fourth-order valence-corrected chi connectivity index (χ4v) is 5.09. The Morgan fingerprint density at radius 2 is 1.26 bits per heavy atom. The SMILES string of the molecule is C[C@H]1CC[C@H](O)[C@H](OCCNC(=O)CN(CC(=O)NCCO[C@@H]2O[C@@H](C)CC[C@@H]2O)C(=O)CCCCC(=O)ON2C(=O)CCC2=O)O1. The average molecular weight is 673 g/mol. The summed E-state index contributed by atoms with van der Waals surface area (Å²) in [4.78, 5) is 79.6. The standard InChI is InChI=1S/C30H48N4O13/c1-19-7-9-21(35)29(45-19)43-15-13-31-23(37)17-33(18-24(38)32-14-16-44-30-22(36)10-8-20(2)46-30)25(39)5-3-4-6-28(42)47-34-26(40)11-12-27(34)41/h19-22,29-30,35-36H,3-18H2,1-2H3,(H,31,37)(H,32,38)/t19-,20-,21-,22-,29+,30+/m0/s1. The number of aliphatic hydroxyl groups is 2. The Hall–Kier alpha value is -3.22. The van der Waals surface area contributed by atoms with Crippen molar-refractivity contribution >= 4 is 35.5 Å². The first-order valence-electron chi connectivity index (χ1n) is 16.2. The topological polar surface area (TPSA) is 220 Å². The number of carbonyl (C=O) groups excluding carboxylic acids is 6. The third-order valence-corrected chi connectivity index (χ3v) is 7.75. The van der Waals surface area contributed by atoms with Gasteiger partial charge in [-0.05, 0) is 52.4 Å². The lowest BCUT2D eigenvalue weighted by Crippen LogP contribution is -2.47. The van der Waals surface area contributed by atoms with Crippen LogP contribution < -0.4 is 10.6 Å². The lowest BCUT2D eigenvalue weighted by Gasteiger charge is -2.32. The van der Waals surface area contributed by atoms with Gasteiger partial charge in [-0.2, -0.15) is 0 Å².